The zero-order valence-corrected chi connectivity index (χ0v) is 12.4. The molecule has 1 aliphatic carbocycles. The fourth-order valence-electron chi connectivity index (χ4n) is 3.57. The fraction of sp³-hybridized carbons (Fsp3) is 0.368. The van der Waals surface area contributed by atoms with Gasteiger partial charge in [-0.25, -0.2) is 0 Å². The van der Waals surface area contributed by atoms with Gasteiger partial charge in [-0.05, 0) is 43.9 Å². The molecule has 1 nitrogen and oxygen atoms in total. The molecule has 1 N–H and O–H groups in total. The van der Waals surface area contributed by atoms with Crippen LogP contribution in [0, 0.1) is 6.92 Å². The van der Waals surface area contributed by atoms with Crippen LogP contribution < -0.4 is 5.32 Å². The van der Waals surface area contributed by atoms with Crippen LogP contribution in [0.1, 0.15) is 35.4 Å². The van der Waals surface area contributed by atoms with Gasteiger partial charge in [0.15, 0.2) is 0 Å². The van der Waals surface area contributed by atoms with Gasteiger partial charge < -0.3 is 5.32 Å². The number of hydrogen-bond acceptors (Lipinski definition) is 1. The van der Waals surface area contributed by atoms with E-state index in [0.717, 1.165) is 6.54 Å². The molecule has 0 amide bonds. The number of aryl methyl sites for hydroxylation is 1. The SMILES string of the molecule is CNCC1(c2ccc(C)cc2)CC(c2ccccc2)C1. The molecule has 0 atom stereocenters. The van der Waals surface area contributed by atoms with E-state index in [-0.39, 0.29) is 0 Å². The maximum absolute atomic E-state index is 3.40. The molecular formula is C19H23N. The Morgan fingerprint density at radius 2 is 1.65 bits per heavy atom. The van der Waals surface area contributed by atoms with Gasteiger partial charge in [-0.3, -0.25) is 0 Å². The molecule has 0 unspecified atom stereocenters. The van der Waals surface area contributed by atoms with Crippen molar-refractivity contribution in [3.8, 4) is 0 Å². The molecule has 2 aromatic rings. The molecule has 3 rings (SSSR count). The van der Waals surface area contributed by atoms with Crippen LogP contribution in [0.4, 0.5) is 0 Å². The number of nitrogens with one attached hydrogen (secondary N) is 1. The molecule has 0 radical (unpaired) electrons. The molecule has 1 heteroatoms. The van der Waals surface area contributed by atoms with Crippen LogP contribution >= 0.6 is 0 Å². The van der Waals surface area contributed by atoms with E-state index >= 15 is 0 Å². The fourth-order valence-corrected chi connectivity index (χ4v) is 3.57. The van der Waals surface area contributed by atoms with Crippen molar-refractivity contribution in [1.82, 2.24) is 5.32 Å². The van der Waals surface area contributed by atoms with Crippen LogP contribution in [-0.2, 0) is 5.41 Å². The van der Waals surface area contributed by atoms with Crippen LogP contribution in [0.5, 0.6) is 0 Å². The van der Waals surface area contributed by atoms with E-state index in [0.29, 0.717) is 11.3 Å². The third kappa shape index (κ3) is 2.38. The van der Waals surface area contributed by atoms with Gasteiger partial charge in [0, 0.05) is 12.0 Å². The zero-order valence-electron chi connectivity index (χ0n) is 12.4. The highest BCUT2D eigenvalue weighted by Crippen LogP contribution is 2.52. The molecule has 2 aromatic carbocycles. The van der Waals surface area contributed by atoms with Crippen LogP contribution in [0.15, 0.2) is 54.6 Å². The second kappa shape index (κ2) is 5.41. The second-order valence-corrected chi connectivity index (χ2v) is 6.19. The number of rotatable bonds is 4. The molecule has 0 bridgehead atoms. The molecule has 0 saturated heterocycles. The van der Waals surface area contributed by atoms with E-state index in [4.69, 9.17) is 0 Å². The summed E-state index contributed by atoms with van der Waals surface area (Å²) in [5.41, 5.74) is 4.64. The maximum atomic E-state index is 3.40. The van der Waals surface area contributed by atoms with Crippen molar-refractivity contribution in [2.75, 3.05) is 13.6 Å². The van der Waals surface area contributed by atoms with Crippen molar-refractivity contribution in [3.63, 3.8) is 0 Å². The Balaban J connectivity index is 1.81. The molecule has 0 aliphatic heterocycles. The minimum atomic E-state index is 0.322. The summed E-state index contributed by atoms with van der Waals surface area (Å²) in [4.78, 5) is 0. The van der Waals surface area contributed by atoms with Gasteiger partial charge in [0.25, 0.3) is 0 Å². The molecule has 20 heavy (non-hydrogen) atoms. The van der Waals surface area contributed by atoms with E-state index in [1.165, 1.54) is 29.5 Å². The Morgan fingerprint density at radius 1 is 1.00 bits per heavy atom. The van der Waals surface area contributed by atoms with Crippen molar-refractivity contribution in [1.29, 1.82) is 0 Å². The average molecular weight is 265 g/mol. The zero-order chi connectivity index (χ0) is 14.0. The summed E-state index contributed by atoms with van der Waals surface area (Å²) in [5.74, 6) is 0.714. The van der Waals surface area contributed by atoms with E-state index < -0.39 is 0 Å². The van der Waals surface area contributed by atoms with Gasteiger partial charge in [-0.15, -0.1) is 0 Å². The first kappa shape index (κ1) is 13.4. The summed E-state index contributed by atoms with van der Waals surface area (Å²) in [7, 11) is 2.06. The van der Waals surface area contributed by atoms with Gasteiger partial charge in [-0.1, -0.05) is 60.2 Å². The highest BCUT2D eigenvalue weighted by atomic mass is 14.8. The predicted octanol–water partition coefficient (Wildman–Crippen LogP) is 4.03. The second-order valence-electron chi connectivity index (χ2n) is 6.19. The molecule has 0 heterocycles. The molecule has 104 valence electrons. The van der Waals surface area contributed by atoms with Gasteiger partial charge in [0.1, 0.15) is 0 Å². The lowest BCUT2D eigenvalue weighted by molar-refractivity contribution is 0.198. The van der Waals surface area contributed by atoms with Crippen LogP contribution in [0.25, 0.3) is 0 Å². The Hall–Kier alpha value is -1.60. The smallest absolute Gasteiger partial charge is 0.00892 e. The molecule has 1 saturated carbocycles. The van der Waals surface area contributed by atoms with Crippen molar-refractivity contribution < 1.29 is 0 Å². The van der Waals surface area contributed by atoms with Crippen LogP contribution in [0.3, 0.4) is 0 Å². The number of benzene rings is 2. The Kier molecular flexibility index (Phi) is 3.62. The minimum Gasteiger partial charge on any atom is -0.319 e. The van der Waals surface area contributed by atoms with Crippen molar-refractivity contribution in [3.05, 3.63) is 71.3 Å². The Labute approximate surface area is 122 Å². The summed E-state index contributed by atoms with van der Waals surface area (Å²) in [5, 5.41) is 3.40. The molecule has 1 aliphatic rings. The first-order valence-electron chi connectivity index (χ1n) is 7.50. The number of hydrogen-bond donors (Lipinski definition) is 1. The van der Waals surface area contributed by atoms with Gasteiger partial charge in [-0.2, -0.15) is 0 Å². The van der Waals surface area contributed by atoms with E-state index in [2.05, 4.69) is 73.9 Å². The minimum absolute atomic E-state index is 0.322. The summed E-state index contributed by atoms with van der Waals surface area (Å²) >= 11 is 0. The lowest BCUT2D eigenvalue weighted by Crippen LogP contribution is -2.46. The van der Waals surface area contributed by atoms with E-state index in [9.17, 15) is 0 Å². The quantitative estimate of drug-likeness (QED) is 0.880. The maximum Gasteiger partial charge on any atom is 0.00892 e. The van der Waals surface area contributed by atoms with Crippen molar-refractivity contribution in [2.45, 2.75) is 31.1 Å². The van der Waals surface area contributed by atoms with Gasteiger partial charge >= 0.3 is 0 Å². The van der Waals surface area contributed by atoms with Gasteiger partial charge in [0.05, 0.1) is 0 Å². The Bertz CT molecular complexity index is 550. The summed E-state index contributed by atoms with van der Waals surface area (Å²) in [6, 6.07) is 20.0. The lowest BCUT2D eigenvalue weighted by atomic mass is 9.57. The molecule has 1 fully saturated rings. The summed E-state index contributed by atoms with van der Waals surface area (Å²) in [6.07, 6.45) is 2.50. The van der Waals surface area contributed by atoms with E-state index in [1.807, 2.05) is 0 Å². The third-order valence-electron chi connectivity index (χ3n) is 4.72. The summed E-state index contributed by atoms with van der Waals surface area (Å²) < 4.78 is 0. The van der Waals surface area contributed by atoms with Gasteiger partial charge in [0.2, 0.25) is 0 Å². The Morgan fingerprint density at radius 3 is 2.25 bits per heavy atom. The standard InChI is InChI=1S/C19H23N/c1-15-8-10-18(11-9-15)19(14-20-2)12-17(13-19)16-6-4-3-5-7-16/h3-11,17,20H,12-14H2,1-2H3. The normalized spacial score (nSPS) is 25.2. The third-order valence-corrected chi connectivity index (χ3v) is 4.72. The largest absolute Gasteiger partial charge is 0.319 e. The van der Waals surface area contributed by atoms with Crippen LogP contribution in [0.2, 0.25) is 0 Å². The topological polar surface area (TPSA) is 12.0 Å². The van der Waals surface area contributed by atoms with Crippen molar-refractivity contribution in [2.24, 2.45) is 0 Å². The molecular weight excluding hydrogens is 242 g/mol. The highest BCUT2D eigenvalue weighted by Gasteiger charge is 2.45. The first-order chi connectivity index (χ1) is 9.73. The van der Waals surface area contributed by atoms with Crippen LogP contribution in [-0.4, -0.2) is 13.6 Å². The molecule has 0 spiro atoms. The molecule has 0 aromatic heterocycles. The van der Waals surface area contributed by atoms with Crippen molar-refractivity contribution >= 4 is 0 Å². The van der Waals surface area contributed by atoms with E-state index in [1.54, 1.807) is 0 Å². The average Bonchev–Trinajstić information content (AvgIpc) is 2.44. The lowest BCUT2D eigenvalue weighted by Gasteiger charge is -2.49. The summed E-state index contributed by atoms with van der Waals surface area (Å²) in [6.45, 7) is 3.22. The first-order valence-corrected chi connectivity index (χ1v) is 7.50. The monoisotopic (exact) mass is 265 g/mol. The predicted molar refractivity (Wildman–Crippen MR) is 85.2 cm³/mol. The number of likely N-dealkylation sites (N-methyl/N-ethyl adjacent to an activating group) is 1. The highest BCUT2D eigenvalue weighted by molar-refractivity contribution is 5.36.